The van der Waals surface area contributed by atoms with E-state index in [4.69, 9.17) is 4.74 Å². The van der Waals surface area contributed by atoms with E-state index in [1.165, 1.54) is 11.3 Å². The lowest BCUT2D eigenvalue weighted by Gasteiger charge is -2.07. The summed E-state index contributed by atoms with van der Waals surface area (Å²) in [6.07, 6.45) is 1.73. The molecule has 2 N–H and O–H groups in total. The summed E-state index contributed by atoms with van der Waals surface area (Å²) in [5.41, 5.74) is 0.660. The Bertz CT molecular complexity index is 713. The van der Waals surface area contributed by atoms with Crippen molar-refractivity contribution >= 4 is 28.8 Å². The molecule has 1 aromatic carbocycles. The molecule has 8 heteroatoms. The van der Waals surface area contributed by atoms with E-state index in [0.29, 0.717) is 30.0 Å². The van der Waals surface area contributed by atoms with Gasteiger partial charge in [0.2, 0.25) is 10.9 Å². The number of carbonyl (C=O) groups is 2. The van der Waals surface area contributed by atoms with Crippen LogP contribution >= 0.6 is 11.3 Å². The van der Waals surface area contributed by atoms with E-state index >= 15 is 0 Å². The van der Waals surface area contributed by atoms with Crippen molar-refractivity contribution in [1.29, 1.82) is 0 Å². The molecule has 0 fully saturated rings. The molecule has 0 saturated heterocycles. The van der Waals surface area contributed by atoms with Gasteiger partial charge in [-0.1, -0.05) is 11.3 Å². The van der Waals surface area contributed by atoms with Gasteiger partial charge in [-0.25, -0.2) is 0 Å². The van der Waals surface area contributed by atoms with Crippen LogP contribution in [0.3, 0.4) is 0 Å². The largest absolute Gasteiger partial charge is 0.497 e. The van der Waals surface area contributed by atoms with Crippen molar-refractivity contribution in [3.63, 3.8) is 0 Å². The topological polar surface area (TPSA) is 93.2 Å². The minimum atomic E-state index is -0.300. The van der Waals surface area contributed by atoms with E-state index in [1.54, 1.807) is 31.4 Å². The van der Waals surface area contributed by atoms with Crippen LogP contribution < -0.4 is 15.4 Å². The summed E-state index contributed by atoms with van der Waals surface area (Å²) < 4.78 is 5.08. The number of nitrogens with one attached hydrogen (secondary N) is 2. The molecule has 2 rings (SSSR count). The molecule has 0 bridgehead atoms. The molecule has 0 radical (unpaired) electrons. The Morgan fingerprint density at radius 2 is 1.92 bits per heavy atom. The summed E-state index contributed by atoms with van der Waals surface area (Å²) in [6.45, 7) is 3.85. The lowest BCUT2D eigenvalue weighted by atomic mass is 10.2. The van der Waals surface area contributed by atoms with Crippen molar-refractivity contribution in [2.45, 2.75) is 39.2 Å². The lowest BCUT2D eigenvalue weighted by Crippen LogP contribution is -2.29. The van der Waals surface area contributed by atoms with E-state index < -0.39 is 0 Å². The predicted molar refractivity (Wildman–Crippen MR) is 97.1 cm³/mol. The van der Waals surface area contributed by atoms with Gasteiger partial charge in [-0.3, -0.25) is 9.59 Å². The first-order chi connectivity index (χ1) is 12.0. The standard InChI is InChI=1S/C17H22N4O3S/c1-11(2)18-14(22)5-4-6-15-20-21-17(25-15)16(23)19-12-7-9-13(24-3)10-8-12/h7-11H,4-6H2,1-3H3,(H,18,22)(H,19,23). The Morgan fingerprint density at radius 1 is 1.20 bits per heavy atom. The number of aryl methyl sites for hydroxylation is 1. The lowest BCUT2D eigenvalue weighted by molar-refractivity contribution is -0.121. The smallest absolute Gasteiger partial charge is 0.286 e. The van der Waals surface area contributed by atoms with Crippen LogP contribution in [0.25, 0.3) is 0 Å². The van der Waals surface area contributed by atoms with Crippen LogP contribution in [0.1, 0.15) is 41.5 Å². The number of carbonyl (C=O) groups excluding carboxylic acids is 2. The van der Waals surface area contributed by atoms with Crippen molar-refractivity contribution < 1.29 is 14.3 Å². The molecular formula is C17H22N4O3S. The number of anilines is 1. The highest BCUT2D eigenvalue weighted by atomic mass is 32.1. The molecule has 0 unspecified atom stereocenters. The second-order valence-electron chi connectivity index (χ2n) is 5.76. The highest BCUT2D eigenvalue weighted by Gasteiger charge is 2.13. The SMILES string of the molecule is COc1ccc(NC(=O)c2nnc(CCCC(=O)NC(C)C)s2)cc1. The predicted octanol–water partition coefficient (Wildman–Crippen LogP) is 2.65. The van der Waals surface area contributed by atoms with Crippen LogP contribution in [-0.2, 0) is 11.2 Å². The molecule has 25 heavy (non-hydrogen) atoms. The molecule has 1 aromatic heterocycles. The molecule has 0 spiro atoms. The van der Waals surface area contributed by atoms with E-state index in [2.05, 4.69) is 20.8 Å². The Labute approximate surface area is 150 Å². The third kappa shape index (κ3) is 6.15. The van der Waals surface area contributed by atoms with Gasteiger partial charge in [0.1, 0.15) is 10.8 Å². The van der Waals surface area contributed by atoms with Gasteiger partial charge >= 0.3 is 0 Å². The number of rotatable bonds is 8. The van der Waals surface area contributed by atoms with Crippen LogP contribution in [-0.4, -0.2) is 35.2 Å². The number of aromatic nitrogens is 2. The molecule has 0 saturated carbocycles. The number of hydrogen-bond acceptors (Lipinski definition) is 6. The van der Waals surface area contributed by atoms with Gasteiger partial charge in [-0.05, 0) is 44.5 Å². The fourth-order valence-corrected chi connectivity index (χ4v) is 2.88. The first-order valence-corrected chi connectivity index (χ1v) is 8.86. The molecule has 2 amide bonds. The third-order valence-corrected chi connectivity index (χ3v) is 4.23. The van der Waals surface area contributed by atoms with Crippen LogP contribution in [0.2, 0.25) is 0 Å². The van der Waals surface area contributed by atoms with Crippen molar-refractivity contribution in [2.75, 3.05) is 12.4 Å². The van der Waals surface area contributed by atoms with Gasteiger partial charge in [-0.15, -0.1) is 10.2 Å². The Kier molecular flexibility index (Phi) is 6.88. The van der Waals surface area contributed by atoms with Gasteiger partial charge in [0.25, 0.3) is 5.91 Å². The minimum absolute atomic E-state index is 0.0250. The van der Waals surface area contributed by atoms with Crippen molar-refractivity contribution in [3.05, 3.63) is 34.3 Å². The van der Waals surface area contributed by atoms with Gasteiger partial charge in [0, 0.05) is 24.6 Å². The highest BCUT2D eigenvalue weighted by Crippen LogP contribution is 2.18. The molecule has 0 aliphatic carbocycles. The van der Waals surface area contributed by atoms with Crippen LogP contribution in [0.4, 0.5) is 5.69 Å². The molecule has 1 heterocycles. The van der Waals surface area contributed by atoms with E-state index in [-0.39, 0.29) is 17.9 Å². The average Bonchev–Trinajstić information content (AvgIpc) is 3.04. The molecule has 7 nitrogen and oxygen atoms in total. The normalized spacial score (nSPS) is 10.6. The quantitative estimate of drug-likeness (QED) is 0.753. The maximum absolute atomic E-state index is 12.2. The summed E-state index contributed by atoms with van der Waals surface area (Å²) in [5.74, 6) is 0.446. The molecule has 134 valence electrons. The number of nitrogens with zero attached hydrogens (tertiary/aromatic N) is 2. The van der Waals surface area contributed by atoms with Crippen LogP contribution in [0, 0.1) is 0 Å². The van der Waals surface area contributed by atoms with Crippen molar-refractivity contribution in [1.82, 2.24) is 15.5 Å². The first kappa shape index (κ1) is 18.9. The summed E-state index contributed by atoms with van der Waals surface area (Å²) in [7, 11) is 1.59. The van der Waals surface area contributed by atoms with E-state index in [0.717, 1.165) is 10.8 Å². The van der Waals surface area contributed by atoms with E-state index in [9.17, 15) is 9.59 Å². The zero-order chi connectivity index (χ0) is 18.2. The van der Waals surface area contributed by atoms with Crippen LogP contribution in [0.15, 0.2) is 24.3 Å². The maximum Gasteiger partial charge on any atom is 0.286 e. The average molecular weight is 362 g/mol. The number of ether oxygens (including phenoxy) is 1. The van der Waals surface area contributed by atoms with Crippen molar-refractivity contribution in [3.8, 4) is 5.75 Å². The fraction of sp³-hybridized carbons (Fsp3) is 0.412. The number of amides is 2. The molecule has 0 aliphatic rings. The zero-order valence-electron chi connectivity index (χ0n) is 14.5. The number of hydrogen-bond donors (Lipinski definition) is 2. The highest BCUT2D eigenvalue weighted by molar-refractivity contribution is 7.13. The second-order valence-corrected chi connectivity index (χ2v) is 6.82. The molecule has 0 atom stereocenters. The Morgan fingerprint density at radius 3 is 2.56 bits per heavy atom. The fourth-order valence-electron chi connectivity index (χ4n) is 2.10. The maximum atomic E-state index is 12.2. The number of methoxy groups -OCH3 is 1. The van der Waals surface area contributed by atoms with Gasteiger partial charge < -0.3 is 15.4 Å². The van der Waals surface area contributed by atoms with Gasteiger partial charge in [0.05, 0.1) is 7.11 Å². The summed E-state index contributed by atoms with van der Waals surface area (Å²) in [5, 5.41) is 14.6. The van der Waals surface area contributed by atoms with Crippen LogP contribution in [0.5, 0.6) is 5.75 Å². The van der Waals surface area contributed by atoms with Gasteiger partial charge in [-0.2, -0.15) is 0 Å². The monoisotopic (exact) mass is 362 g/mol. The Hall–Kier alpha value is -2.48. The summed E-state index contributed by atoms with van der Waals surface area (Å²) in [4.78, 5) is 23.8. The molecular weight excluding hydrogens is 340 g/mol. The number of benzene rings is 1. The summed E-state index contributed by atoms with van der Waals surface area (Å²) in [6, 6.07) is 7.19. The molecule has 0 aliphatic heterocycles. The van der Waals surface area contributed by atoms with E-state index in [1.807, 2.05) is 13.8 Å². The zero-order valence-corrected chi connectivity index (χ0v) is 15.4. The first-order valence-electron chi connectivity index (χ1n) is 8.05. The summed E-state index contributed by atoms with van der Waals surface area (Å²) >= 11 is 1.24. The molecule has 2 aromatic rings. The minimum Gasteiger partial charge on any atom is -0.497 e. The van der Waals surface area contributed by atoms with Gasteiger partial charge in [0.15, 0.2) is 0 Å². The van der Waals surface area contributed by atoms with Crippen molar-refractivity contribution in [2.24, 2.45) is 0 Å². The second kappa shape index (κ2) is 9.12. The third-order valence-electron chi connectivity index (χ3n) is 3.25. The Balaban J connectivity index is 1.83.